The molecule has 18 atom stereocenters. The summed E-state index contributed by atoms with van der Waals surface area (Å²) >= 11 is 0. The molecule has 0 radical (unpaired) electrons. The second kappa shape index (κ2) is 22.3. The van der Waals surface area contributed by atoms with Crippen LogP contribution in [0.25, 0.3) is 11.4 Å². The average Bonchev–Trinajstić information content (AvgIpc) is 4.04. The van der Waals surface area contributed by atoms with Crippen LogP contribution in [0.3, 0.4) is 0 Å². The molecule has 3 aromatic rings. The van der Waals surface area contributed by atoms with Crippen molar-refractivity contribution in [3.63, 3.8) is 0 Å². The smallest absolute Gasteiger partial charge is 0.309 e. The minimum absolute atomic E-state index is 0.101. The molecule has 3 aliphatic rings. The summed E-state index contributed by atoms with van der Waals surface area (Å²) in [5.41, 5.74) is -1.67. The number of tetrazole rings is 1. The molecule has 5 N–H and O–H groups in total. The molecule has 0 amide bonds. The fraction of sp³-hybridized carbons (Fsp3) is 0.776. The van der Waals surface area contributed by atoms with Crippen LogP contribution in [-0.4, -0.2) is 178 Å². The van der Waals surface area contributed by atoms with Crippen molar-refractivity contribution >= 4 is 11.8 Å². The van der Waals surface area contributed by atoms with E-state index >= 15 is 0 Å². The monoisotopic (exact) mass is 971 g/mol. The Morgan fingerprint density at radius 3 is 2.22 bits per heavy atom. The van der Waals surface area contributed by atoms with Crippen molar-refractivity contribution in [2.45, 2.75) is 186 Å². The highest BCUT2D eigenvalue weighted by molar-refractivity contribution is 5.83. The molecule has 20 nitrogen and oxygen atoms in total. The van der Waals surface area contributed by atoms with E-state index < -0.39 is 107 Å². The van der Waals surface area contributed by atoms with Gasteiger partial charge in [-0.15, -0.1) is 15.3 Å². The summed E-state index contributed by atoms with van der Waals surface area (Å²) in [6.45, 7) is 18.5. The molecule has 0 bridgehead atoms. The number of H-pyrrole nitrogens is 1. The maximum absolute atomic E-state index is 14.6. The molecule has 3 fully saturated rings. The number of aromatic amines is 1. The van der Waals surface area contributed by atoms with E-state index in [4.69, 9.17) is 28.4 Å². The summed E-state index contributed by atoms with van der Waals surface area (Å²) < 4.78 is 40.5. The van der Waals surface area contributed by atoms with Gasteiger partial charge in [0.2, 0.25) is 5.82 Å². The zero-order valence-electron chi connectivity index (χ0n) is 42.7. The van der Waals surface area contributed by atoms with Gasteiger partial charge >= 0.3 is 5.97 Å². The number of ketones is 1. The Balaban J connectivity index is 1.28. The van der Waals surface area contributed by atoms with Crippen molar-refractivity contribution in [2.24, 2.45) is 29.6 Å². The fourth-order valence-corrected chi connectivity index (χ4v) is 11.3. The number of likely N-dealkylation sites (N-methyl/N-ethyl adjacent to an activating group) is 1. The molecule has 0 aliphatic carbocycles. The lowest BCUT2D eigenvalue weighted by atomic mass is 9.67. The summed E-state index contributed by atoms with van der Waals surface area (Å²) in [6, 6.07) is 7.41. The summed E-state index contributed by atoms with van der Waals surface area (Å²) in [5.74, 6) is -4.51. The van der Waals surface area contributed by atoms with Gasteiger partial charge in [-0.2, -0.15) is 5.21 Å². The average molecular weight is 971 g/mol. The number of carbonyl (C=O) groups excluding carboxylic acids is 2. The van der Waals surface area contributed by atoms with E-state index in [1.165, 1.54) is 21.1 Å². The quantitative estimate of drug-likeness (QED) is 0.154. The highest BCUT2D eigenvalue weighted by atomic mass is 16.7. The molecule has 20 heteroatoms. The van der Waals surface area contributed by atoms with E-state index in [0.29, 0.717) is 31.8 Å². The number of aliphatic hydroxyl groups excluding tert-OH is 3. The van der Waals surface area contributed by atoms with Crippen molar-refractivity contribution in [2.75, 3.05) is 27.8 Å². The number of rotatable bonds is 13. The van der Waals surface area contributed by atoms with Gasteiger partial charge in [0.05, 0.1) is 59.9 Å². The Morgan fingerprint density at radius 1 is 0.913 bits per heavy atom. The lowest BCUT2D eigenvalue weighted by Crippen LogP contribution is -2.62. The first-order chi connectivity index (χ1) is 32.5. The Morgan fingerprint density at radius 2 is 1.59 bits per heavy atom. The molecule has 0 spiro atoms. The number of aliphatic hydroxyl groups is 4. The number of nitrogens with zero attached hydrogens (tertiary/aromatic N) is 7. The lowest BCUT2D eigenvalue weighted by molar-refractivity contribution is -0.305. The molecular formula is C49H78N8O12. The molecule has 6 rings (SSSR count). The van der Waals surface area contributed by atoms with E-state index in [0.717, 1.165) is 16.8 Å². The first-order valence-corrected chi connectivity index (χ1v) is 24.5. The number of benzene rings is 1. The van der Waals surface area contributed by atoms with Gasteiger partial charge in [0, 0.05) is 69.2 Å². The largest absolute Gasteiger partial charge is 0.459 e. The van der Waals surface area contributed by atoms with Gasteiger partial charge < -0.3 is 53.7 Å². The second-order valence-corrected chi connectivity index (χ2v) is 20.8. The molecule has 69 heavy (non-hydrogen) atoms. The Kier molecular flexibility index (Phi) is 17.6. The lowest BCUT2D eigenvalue weighted by Gasteiger charge is -2.52. The third-order valence-corrected chi connectivity index (χ3v) is 15.7. The number of nitrogens with one attached hydrogen (secondary N) is 1. The molecular weight excluding hydrogens is 893 g/mol. The summed E-state index contributed by atoms with van der Waals surface area (Å²) in [7, 11) is 5.00. The highest BCUT2D eigenvalue weighted by Crippen LogP contribution is 2.46. The third-order valence-electron chi connectivity index (χ3n) is 15.7. The zero-order chi connectivity index (χ0) is 50.7. The molecule has 3 saturated heterocycles. The van der Waals surface area contributed by atoms with Crippen LogP contribution in [0.5, 0.6) is 0 Å². The number of hydrogen-bond donors (Lipinski definition) is 5. The Labute approximate surface area is 406 Å². The molecule has 2 aromatic heterocycles. The van der Waals surface area contributed by atoms with Gasteiger partial charge in [0.15, 0.2) is 6.29 Å². The van der Waals surface area contributed by atoms with E-state index in [-0.39, 0.29) is 31.1 Å². The molecule has 3 aliphatic heterocycles. The predicted molar refractivity (Wildman–Crippen MR) is 251 cm³/mol. The van der Waals surface area contributed by atoms with Crippen LogP contribution in [0, 0.1) is 29.6 Å². The van der Waals surface area contributed by atoms with Crippen LogP contribution >= 0.6 is 0 Å². The molecule has 1 unspecified atom stereocenters. The van der Waals surface area contributed by atoms with Gasteiger partial charge in [-0.25, -0.2) is 4.68 Å². The maximum atomic E-state index is 14.6. The minimum Gasteiger partial charge on any atom is -0.459 e. The first-order valence-electron chi connectivity index (χ1n) is 24.5. The van der Waals surface area contributed by atoms with Crippen molar-refractivity contribution in [3.05, 3.63) is 41.7 Å². The predicted octanol–water partition coefficient (Wildman–Crippen LogP) is 3.15. The minimum atomic E-state index is -1.98. The van der Waals surface area contributed by atoms with Crippen LogP contribution < -0.4 is 0 Å². The third kappa shape index (κ3) is 11.8. The number of aromatic nitrogens is 7. The first kappa shape index (κ1) is 54.5. The zero-order valence-corrected chi connectivity index (χ0v) is 42.7. The number of cyclic esters (lactones) is 1. The number of ether oxygens (including phenoxy) is 6. The van der Waals surface area contributed by atoms with Gasteiger partial charge in [-0.1, -0.05) is 64.1 Å². The van der Waals surface area contributed by atoms with E-state index in [2.05, 4.69) is 35.8 Å². The van der Waals surface area contributed by atoms with Gasteiger partial charge in [0.25, 0.3) is 0 Å². The normalized spacial score (nSPS) is 39.8. The van der Waals surface area contributed by atoms with Crippen LogP contribution in [-0.2, 0) is 51.0 Å². The SMILES string of the molecule is CC[C@H]1OC(=O)[C@H](C)[C@@H](C2C[C@@](C)(OC)[C@@H](O)[C@H](C)O2)[C@H](C)[C@@H](O[C@@H]2O[C@H](C)C[C@H](N(C)CCc3cn(Cc4ccc(-c5nn[nH]n5)cc4)nn3)[C@H]2O)[C@](C)(OC)C[C@@H](C)C(=O)[C@H](C)[C@@H](O)[C@]1(C)O. The second-order valence-electron chi connectivity index (χ2n) is 20.8. The van der Waals surface area contributed by atoms with E-state index in [1.807, 2.05) is 58.3 Å². The van der Waals surface area contributed by atoms with Crippen LogP contribution in [0.15, 0.2) is 30.5 Å². The summed E-state index contributed by atoms with van der Waals surface area (Å²) in [6.07, 6.45) is -5.38. The van der Waals surface area contributed by atoms with E-state index in [9.17, 15) is 30.0 Å². The summed E-state index contributed by atoms with van der Waals surface area (Å²) in [4.78, 5) is 30.9. The fourth-order valence-electron chi connectivity index (χ4n) is 11.3. The van der Waals surface area contributed by atoms with E-state index in [1.54, 1.807) is 46.2 Å². The van der Waals surface area contributed by atoms with Crippen molar-refractivity contribution in [1.29, 1.82) is 0 Å². The van der Waals surface area contributed by atoms with Gasteiger partial charge in [-0.05, 0) is 77.6 Å². The van der Waals surface area contributed by atoms with Crippen LogP contribution in [0.4, 0.5) is 0 Å². The molecule has 0 saturated carbocycles. The van der Waals surface area contributed by atoms with Gasteiger partial charge in [0.1, 0.15) is 29.7 Å². The summed E-state index contributed by atoms with van der Waals surface area (Å²) in [5, 5.41) is 70.0. The van der Waals surface area contributed by atoms with Crippen molar-refractivity contribution in [1.82, 2.24) is 40.5 Å². The number of hydrogen-bond acceptors (Lipinski definition) is 18. The Bertz CT molecular complexity index is 2130. The molecule has 386 valence electrons. The molecule has 5 heterocycles. The van der Waals surface area contributed by atoms with Gasteiger partial charge in [-0.3, -0.25) is 9.59 Å². The number of Topliss-reactive ketones (excluding diaryl/α,β-unsaturated/α-hetero) is 1. The Hall–Kier alpha value is -3.83. The number of esters is 1. The van der Waals surface area contributed by atoms with Crippen molar-refractivity contribution in [3.8, 4) is 11.4 Å². The standard InChI is InChI=1S/C49H78N8O12/c1-14-37-49(10,63)41(60)30(6)39(58)26(2)22-48(9,65-13)43(28(4)38(29(5)45(62)68-37)36-23-47(8,64-12)42(61)31(7)67-36)69-46-40(59)35(21-27(3)66-46)56(11)20-19-34-25-57(55-50-34)24-32-15-17-33(18-16-32)44-51-53-54-52-44/h15-18,25-31,35-38,40-43,46,59-61,63H,14,19-24H2,1-13H3,(H,51,52,53,54)/t26-,27-,28+,29-,30+,31+,35+,36?,37-,38+,40-,41-,42+,43-,46+,47-,48-,49-/m1/s1. The molecule has 1 aromatic carbocycles. The maximum Gasteiger partial charge on any atom is 0.309 e. The van der Waals surface area contributed by atoms with Crippen molar-refractivity contribution < 1.29 is 58.4 Å². The number of carbonyl (C=O) groups is 2. The highest BCUT2D eigenvalue weighted by Gasteiger charge is 2.56. The van der Waals surface area contributed by atoms with Crippen LogP contribution in [0.2, 0.25) is 0 Å². The number of methoxy groups -OCH3 is 2. The topological polar surface area (TPSA) is 259 Å². The van der Waals surface area contributed by atoms with Crippen LogP contribution in [0.1, 0.15) is 106 Å².